The van der Waals surface area contributed by atoms with E-state index in [9.17, 15) is 4.79 Å². The Bertz CT molecular complexity index is 96.1. The Hall–Kier alpha value is -0.570. The Kier molecular flexibility index (Phi) is 7.15. The fourth-order valence-electron chi connectivity index (χ4n) is 1.10. The highest BCUT2D eigenvalue weighted by molar-refractivity contribution is 5.45. The Balaban J connectivity index is 3.27. The van der Waals surface area contributed by atoms with Crippen LogP contribution in [-0.4, -0.2) is 26.0 Å². The molecular formula is C8H18N2O. The van der Waals surface area contributed by atoms with Crippen LogP contribution >= 0.6 is 0 Å². The third-order valence-electron chi connectivity index (χ3n) is 1.77. The molecule has 0 saturated heterocycles. The maximum Gasteiger partial charge on any atom is 0.207 e. The van der Waals surface area contributed by atoms with Crippen LogP contribution in [0.3, 0.4) is 0 Å². The van der Waals surface area contributed by atoms with E-state index in [2.05, 4.69) is 17.6 Å². The molecule has 0 rings (SSSR count). The first kappa shape index (κ1) is 10.4. The molecule has 1 amide bonds. The van der Waals surface area contributed by atoms with Crippen LogP contribution in [0.5, 0.6) is 0 Å². The van der Waals surface area contributed by atoms with E-state index in [1.807, 2.05) is 7.05 Å². The molecule has 11 heavy (non-hydrogen) atoms. The zero-order valence-corrected chi connectivity index (χ0v) is 7.39. The average molecular weight is 158 g/mol. The van der Waals surface area contributed by atoms with E-state index in [4.69, 9.17) is 0 Å². The minimum Gasteiger partial charge on any atom is -0.359 e. The number of rotatable bonds is 7. The van der Waals surface area contributed by atoms with Crippen molar-refractivity contribution in [3.8, 4) is 0 Å². The van der Waals surface area contributed by atoms with Crippen LogP contribution in [0, 0.1) is 0 Å². The Morgan fingerprint density at radius 1 is 1.45 bits per heavy atom. The molecule has 0 saturated carbocycles. The molecule has 0 aliphatic carbocycles. The molecule has 0 aromatic rings. The second-order valence-corrected chi connectivity index (χ2v) is 2.63. The lowest BCUT2D eigenvalue weighted by Gasteiger charge is -2.13. The third kappa shape index (κ3) is 5.85. The van der Waals surface area contributed by atoms with Crippen LogP contribution in [0.25, 0.3) is 0 Å². The number of amides is 1. The van der Waals surface area contributed by atoms with Crippen LogP contribution in [-0.2, 0) is 4.79 Å². The predicted octanol–water partition coefficient (Wildman–Crippen LogP) is 0.511. The van der Waals surface area contributed by atoms with Gasteiger partial charge in [-0.15, -0.1) is 0 Å². The van der Waals surface area contributed by atoms with Gasteiger partial charge in [0.25, 0.3) is 0 Å². The van der Waals surface area contributed by atoms with E-state index in [1.165, 1.54) is 12.8 Å². The predicted molar refractivity (Wildman–Crippen MR) is 46.4 cm³/mol. The zero-order valence-electron chi connectivity index (χ0n) is 7.39. The van der Waals surface area contributed by atoms with Crippen LogP contribution in [0.1, 0.15) is 26.2 Å². The zero-order chi connectivity index (χ0) is 8.53. The minimum atomic E-state index is 0.549. The van der Waals surface area contributed by atoms with Gasteiger partial charge in [-0.3, -0.25) is 4.79 Å². The van der Waals surface area contributed by atoms with Gasteiger partial charge in [0.1, 0.15) is 0 Å². The SMILES string of the molecule is CCCC(CCNC=O)NC. The lowest BCUT2D eigenvalue weighted by Crippen LogP contribution is -2.29. The fourth-order valence-corrected chi connectivity index (χ4v) is 1.10. The molecule has 66 valence electrons. The second kappa shape index (κ2) is 7.54. The summed E-state index contributed by atoms with van der Waals surface area (Å²) >= 11 is 0. The van der Waals surface area contributed by atoms with Gasteiger partial charge in [-0.25, -0.2) is 0 Å². The number of carbonyl (C=O) groups is 1. The normalized spacial score (nSPS) is 12.5. The van der Waals surface area contributed by atoms with Crippen LogP contribution in [0.2, 0.25) is 0 Å². The summed E-state index contributed by atoms with van der Waals surface area (Å²) < 4.78 is 0. The van der Waals surface area contributed by atoms with Crippen molar-refractivity contribution in [2.45, 2.75) is 32.2 Å². The van der Waals surface area contributed by atoms with Crippen molar-refractivity contribution in [3.05, 3.63) is 0 Å². The van der Waals surface area contributed by atoms with E-state index in [0.29, 0.717) is 6.04 Å². The lowest BCUT2D eigenvalue weighted by atomic mass is 10.1. The molecule has 0 aromatic carbocycles. The smallest absolute Gasteiger partial charge is 0.207 e. The van der Waals surface area contributed by atoms with Crippen molar-refractivity contribution in [1.82, 2.24) is 10.6 Å². The molecule has 0 heterocycles. The maximum absolute atomic E-state index is 9.90. The van der Waals surface area contributed by atoms with Gasteiger partial charge in [-0.05, 0) is 19.9 Å². The van der Waals surface area contributed by atoms with Crippen LogP contribution in [0.4, 0.5) is 0 Å². The molecule has 2 N–H and O–H groups in total. The molecule has 1 atom stereocenters. The standard InChI is InChI=1S/C8H18N2O/c1-3-4-8(9-2)5-6-10-7-11/h7-9H,3-6H2,1-2H3,(H,10,11). The third-order valence-corrected chi connectivity index (χ3v) is 1.77. The molecular weight excluding hydrogens is 140 g/mol. The quantitative estimate of drug-likeness (QED) is 0.419. The van der Waals surface area contributed by atoms with Crippen LogP contribution < -0.4 is 10.6 Å². The van der Waals surface area contributed by atoms with E-state index in [-0.39, 0.29) is 0 Å². The molecule has 1 unspecified atom stereocenters. The summed E-state index contributed by atoms with van der Waals surface area (Å²) in [6.07, 6.45) is 4.13. The van der Waals surface area contributed by atoms with Gasteiger partial charge in [0.05, 0.1) is 0 Å². The van der Waals surface area contributed by atoms with Crippen molar-refractivity contribution in [1.29, 1.82) is 0 Å². The van der Waals surface area contributed by atoms with E-state index in [0.717, 1.165) is 19.4 Å². The van der Waals surface area contributed by atoms with Gasteiger partial charge < -0.3 is 10.6 Å². The highest BCUT2D eigenvalue weighted by atomic mass is 16.1. The molecule has 0 radical (unpaired) electrons. The lowest BCUT2D eigenvalue weighted by molar-refractivity contribution is -0.109. The summed E-state index contributed by atoms with van der Waals surface area (Å²) in [4.78, 5) is 9.90. The first-order valence-corrected chi connectivity index (χ1v) is 4.19. The molecule has 0 bridgehead atoms. The number of hydrogen-bond donors (Lipinski definition) is 2. The van der Waals surface area contributed by atoms with Crippen molar-refractivity contribution in [2.75, 3.05) is 13.6 Å². The fraction of sp³-hybridized carbons (Fsp3) is 0.875. The van der Waals surface area contributed by atoms with E-state index >= 15 is 0 Å². The summed E-state index contributed by atoms with van der Waals surface area (Å²) in [5.41, 5.74) is 0. The van der Waals surface area contributed by atoms with Crippen molar-refractivity contribution in [2.24, 2.45) is 0 Å². The number of carbonyl (C=O) groups excluding carboxylic acids is 1. The average Bonchev–Trinajstić information content (AvgIpc) is 2.03. The first-order chi connectivity index (χ1) is 5.35. The van der Waals surface area contributed by atoms with Crippen molar-refractivity contribution in [3.63, 3.8) is 0 Å². The summed E-state index contributed by atoms with van der Waals surface area (Å²) in [5.74, 6) is 0. The Labute approximate surface area is 68.6 Å². The van der Waals surface area contributed by atoms with Crippen LogP contribution in [0.15, 0.2) is 0 Å². The largest absolute Gasteiger partial charge is 0.359 e. The van der Waals surface area contributed by atoms with Crippen molar-refractivity contribution < 1.29 is 4.79 Å². The van der Waals surface area contributed by atoms with Crippen molar-refractivity contribution >= 4 is 6.41 Å². The maximum atomic E-state index is 9.90. The topological polar surface area (TPSA) is 41.1 Å². The second-order valence-electron chi connectivity index (χ2n) is 2.63. The Morgan fingerprint density at radius 2 is 2.18 bits per heavy atom. The highest BCUT2D eigenvalue weighted by Crippen LogP contribution is 1.98. The van der Waals surface area contributed by atoms with Gasteiger partial charge in [-0.2, -0.15) is 0 Å². The molecule has 0 aliphatic heterocycles. The molecule has 0 aliphatic rings. The molecule has 0 fully saturated rings. The summed E-state index contributed by atoms with van der Waals surface area (Å²) in [6.45, 7) is 2.94. The Morgan fingerprint density at radius 3 is 2.64 bits per heavy atom. The van der Waals surface area contributed by atoms with Gasteiger partial charge >= 0.3 is 0 Å². The van der Waals surface area contributed by atoms with E-state index in [1.54, 1.807) is 0 Å². The number of nitrogens with one attached hydrogen (secondary N) is 2. The summed E-state index contributed by atoms with van der Waals surface area (Å²) in [5, 5.41) is 5.86. The summed E-state index contributed by atoms with van der Waals surface area (Å²) in [7, 11) is 1.96. The molecule has 0 spiro atoms. The molecule has 3 heteroatoms. The van der Waals surface area contributed by atoms with Gasteiger partial charge in [0.15, 0.2) is 0 Å². The van der Waals surface area contributed by atoms with Gasteiger partial charge in [-0.1, -0.05) is 13.3 Å². The monoisotopic (exact) mass is 158 g/mol. The first-order valence-electron chi connectivity index (χ1n) is 4.19. The van der Waals surface area contributed by atoms with Gasteiger partial charge in [0.2, 0.25) is 6.41 Å². The van der Waals surface area contributed by atoms with E-state index < -0.39 is 0 Å². The van der Waals surface area contributed by atoms with Gasteiger partial charge in [0, 0.05) is 12.6 Å². The highest BCUT2D eigenvalue weighted by Gasteiger charge is 2.02. The molecule has 0 aromatic heterocycles. The molecule has 3 nitrogen and oxygen atoms in total. The minimum absolute atomic E-state index is 0.549. The summed E-state index contributed by atoms with van der Waals surface area (Å²) in [6, 6.07) is 0.549. The number of hydrogen-bond acceptors (Lipinski definition) is 2.